The van der Waals surface area contributed by atoms with Gasteiger partial charge < -0.3 is 15.4 Å². The number of anilines is 2. The Balaban J connectivity index is 1.95. The minimum atomic E-state index is -0.152. The molecule has 1 heterocycles. The molecule has 1 aliphatic heterocycles. The third kappa shape index (κ3) is 2.45. The molecule has 1 aliphatic rings. The molecule has 4 heteroatoms. The topological polar surface area (TPSA) is 50.4 Å². The van der Waals surface area contributed by atoms with Gasteiger partial charge in [-0.2, -0.15) is 0 Å². The zero-order valence-corrected chi connectivity index (χ0v) is 9.32. The number of nitrogens with one attached hydrogen (secondary N) is 2. The summed E-state index contributed by atoms with van der Waals surface area (Å²) in [7, 11) is 0. The third-order valence-electron chi connectivity index (χ3n) is 2.54. The number of hydrogen-bond acceptors (Lipinski definition) is 4. The number of rotatable bonds is 3. The second kappa shape index (κ2) is 4.88. The van der Waals surface area contributed by atoms with Gasteiger partial charge in [-0.15, -0.1) is 0 Å². The summed E-state index contributed by atoms with van der Waals surface area (Å²) in [5.41, 5.74) is 2.13. The summed E-state index contributed by atoms with van der Waals surface area (Å²) in [6, 6.07) is 8.08. The summed E-state index contributed by atoms with van der Waals surface area (Å²) in [5.74, 6) is -0.152. The van der Waals surface area contributed by atoms with Crippen molar-refractivity contribution >= 4 is 17.3 Å². The van der Waals surface area contributed by atoms with Crippen molar-refractivity contribution in [1.82, 2.24) is 0 Å². The van der Waals surface area contributed by atoms with Gasteiger partial charge in [0.25, 0.3) is 0 Å². The Morgan fingerprint density at radius 2 is 2.19 bits per heavy atom. The fourth-order valence-corrected chi connectivity index (χ4v) is 1.81. The number of benzene rings is 1. The van der Waals surface area contributed by atoms with Crippen LogP contribution in [0.25, 0.3) is 0 Å². The standard InChI is InChI=1S/C12H16N2O2/c1-2-16-12(15)7-9-8-13-10-5-3-4-6-11(10)14-9/h3-6,9,13-14H,2,7-8H2,1H3/t9-/m0/s1. The van der Waals surface area contributed by atoms with Gasteiger partial charge in [-0.1, -0.05) is 12.1 Å². The highest BCUT2D eigenvalue weighted by Gasteiger charge is 2.19. The van der Waals surface area contributed by atoms with Gasteiger partial charge in [-0.3, -0.25) is 4.79 Å². The minimum absolute atomic E-state index is 0.106. The number of fused-ring (bicyclic) bond motifs is 1. The first-order valence-electron chi connectivity index (χ1n) is 5.54. The number of carbonyl (C=O) groups excluding carboxylic acids is 1. The quantitative estimate of drug-likeness (QED) is 0.763. The van der Waals surface area contributed by atoms with Crippen LogP contribution >= 0.6 is 0 Å². The summed E-state index contributed by atoms with van der Waals surface area (Å²) in [6.45, 7) is 3.01. The van der Waals surface area contributed by atoms with Crippen molar-refractivity contribution in [2.24, 2.45) is 0 Å². The van der Waals surface area contributed by atoms with Crippen LogP contribution in [-0.4, -0.2) is 25.2 Å². The molecule has 0 bridgehead atoms. The number of ether oxygens (including phenoxy) is 1. The Labute approximate surface area is 95.0 Å². The Morgan fingerprint density at radius 1 is 1.44 bits per heavy atom. The van der Waals surface area contributed by atoms with E-state index in [-0.39, 0.29) is 12.0 Å². The minimum Gasteiger partial charge on any atom is -0.466 e. The van der Waals surface area contributed by atoms with Crippen molar-refractivity contribution in [3.05, 3.63) is 24.3 Å². The van der Waals surface area contributed by atoms with Crippen LogP contribution in [0.3, 0.4) is 0 Å². The molecule has 0 spiro atoms. The molecular formula is C12H16N2O2. The Hall–Kier alpha value is -1.71. The van der Waals surface area contributed by atoms with Crippen molar-refractivity contribution < 1.29 is 9.53 Å². The van der Waals surface area contributed by atoms with Gasteiger partial charge in [0.15, 0.2) is 0 Å². The Kier molecular flexibility index (Phi) is 3.29. The van der Waals surface area contributed by atoms with E-state index >= 15 is 0 Å². The van der Waals surface area contributed by atoms with Crippen LogP contribution in [0.1, 0.15) is 13.3 Å². The highest BCUT2D eigenvalue weighted by Crippen LogP contribution is 2.25. The lowest BCUT2D eigenvalue weighted by Crippen LogP contribution is -2.35. The van der Waals surface area contributed by atoms with E-state index in [1.54, 1.807) is 0 Å². The Morgan fingerprint density at radius 3 is 2.94 bits per heavy atom. The highest BCUT2D eigenvalue weighted by atomic mass is 16.5. The van der Waals surface area contributed by atoms with Crippen LogP contribution in [0.4, 0.5) is 11.4 Å². The molecule has 0 unspecified atom stereocenters. The molecule has 0 saturated carbocycles. The van der Waals surface area contributed by atoms with Crippen LogP contribution in [0.2, 0.25) is 0 Å². The summed E-state index contributed by atoms with van der Waals surface area (Å²) in [4.78, 5) is 11.3. The molecule has 2 N–H and O–H groups in total. The van der Waals surface area contributed by atoms with Gasteiger partial charge in [0.2, 0.25) is 0 Å². The average molecular weight is 220 g/mol. The monoisotopic (exact) mass is 220 g/mol. The van der Waals surface area contributed by atoms with Crippen LogP contribution in [0, 0.1) is 0 Å². The molecule has 1 aromatic rings. The molecule has 86 valence electrons. The van der Waals surface area contributed by atoms with Crippen molar-refractivity contribution in [2.75, 3.05) is 23.8 Å². The van der Waals surface area contributed by atoms with Crippen LogP contribution < -0.4 is 10.6 Å². The first-order valence-corrected chi connectivity index (χ1v) is 5.54. The van der Waals surface area contributed by atoms with Gasteiger partial charge in [0, 0.05) is 6.54 Å². The van der Waals surface area contributed by atoms with Gasteiger partial charge in [-0.25, -0.2) is 0 Å². The SMILES string of the molecule is CCOC(=O)C[C@H]1CNc2ccccc2N1. The van der Waals surface area contributed by atoms with E-state index in [0.29, 0.717) is 13.0 Å². The third-order valence-corrected chi connectivity index (χ3v) is 2.54. The zero-order valence-electron chi connectivity index (χ0n) is 9.32. The molecule has 0 aliphatic carbocycles. The molecule has 1 atom stereocenters. The first-order chi connectivity index (χ1) is 7.79. The van der Waals surface area contributed by atoms with E-state index < -0.39 is 0 Å². The molecule has 16 heavy (non-hydrogen) atoms. The smallest absolute Gasteiger partial charge is 0.307 e. The second-order valence-corrected chi connectivity index (χ2v) is 3.78. The number of para-hydroxylation sites is 2. The summed E-state index contributed by atoms with van der Waals surface area (Å²) in [5, 5.41) is 6.61. The molecule has 0 aromatic heterocycles. The average Bonchev–Trinajstić information content (AvgIpc) is 2.29. The van der Waals surface area contributed by atoms with E-state index in [2.05, 4.69) is 10.6 Å². The number of carbonyl (C=O) groups is 1. The molecule has 0 radical (unpaired) electrons. The molecule has 4 nitrogen and oxygen atoms in total. The largest absolute Gasteiger partial charge is 0.466 e. The molecule has 0 fully saturated rings. The van der Waals surface area contributed by atoms with Gasteiger partial charge in [0.05, 0.1) is 30.4 Å². The fourth-order valence-electron chi connectivity index (χ4n) is 1.81. The fraction of sp³-hybridized carbons (Fsp3) is 0.417. The van der Waals surface area contributed by atoms with E-state index in [4.69, 9.17) is 4.74 Å². The van der Waals surface area contributed by atoms with E-state index in [1.807, 2.05) is 31.2 Å². The zero-order chi connectivity index (χ0) is 11.4. The maximum absolute atomic E-state index is 11.3. The first kappa shape index (κ1) is 10.8. The maximum atomic E-state index is 11.3. The maximum Gasteiger partial charge on any atom is 0.307 e. The molecular weight excluding hydrogens is 204 g/mol. The Bertz CT molecular complexity index is 379. The van der Waals surface area contributed by atoms with Gasteiger partial charge in [0.1, 0.15) is 0 Å². The van der Waals surface area contributed by atoms with Crippen molar-refractivity contribution in [3.63, 3.8) is 0 Å². The van der Waals surface area contributed by atoms with E-state index in [9.17, 15) is 4.79 Å². The van der Waals surface area contributed by atoms with Crippen LogP contribution in [-0.2, 0) is 9.53 Å². The van der Waals surface area contributed by atoms with Gasteiger partial charge >= 0.3 is 5.97 Å². The summed E-state index contributed by atoms with van der Waals surface area (Å²) in [6.07, 6.45) is 0.398. The lowest BCUT2D eigenvalue weighted by Gasteiger charge is -2.27. The molecule has 0 amide bonds. The number of esters is 1. The molecule has 1 aromatic carbocycles. The molecule has 0 saturated heterocycles. The van der Waals surface area contributed by atoms with Gasteiger partial charge in [-0.05, 0) is 19.1 Å². The summed E-state index contributed by atoms with van der Waals surface area (Å²) >= 11 is 0. The van der Waals surface area contributed by atoms with E-state index in [0.717, 1.165) is 17.9 Å². The predicted molar refractivity (Wildman–Crippen MR) is 63.6 cm³/mol. The lowest BCUT2D eigenvalue weighted by atomic mass is 10.1. The highest BCUT2D eigenvalue weighted by molar-refractivity contribution is 5.75. The van der Waals surface area contributed by atoms with Crippen molar-refractivity contribution in [1.29, 1.82) is 0 Å². The van der Waals surface area contributed by atoms with E-state index in [1.165, 1.54) is 0 Å². The summed E-state index contributed by atoms with van der Waals surface area (Å²) < 4.78 is 4.93. The number of hydrogen-bond donors (Lipinski definition) is 2. The van der Waals surface area contributed by atoms with Crippen LogP contribution in [0.5, 0.6) is 0 Å². The normalized spacial score (nSPS) is 17.9. The van der Waals surface area contributed by atoms with Crippen molar-refractivity contribution in [2.45, 2.75) is 19.4 Å². The van der Waals surface area contributed by atoms with Crippen LogP contribution in [0.15, 0.2) is 24.3 Å². The molecule has 2 rings (SSSR count). The van der Waals surface area contributed by atoms with Crippen molar-refractivity contribution in [3.8, 4) is 0 Å². The lowest BCUT2D eigenvalue weighted by molar-refractivity contribution is -0.143. The predicted octanol–water partition coefficient (Wildman–Crippen LogP) is 1.85. The second-order valence-electron chi connectivity index (χ2n) is 3.78.